The first-order valence-electron chi connectivity index (χ1n) is 5.61. The lowest BCUT2D eigenvalue weighted by molar-refractivity contribution is 0.272. The second-order valence-corrected chi connectivity index (χ2v) is 4.58. The Morgan fingerprint density at radius 3 is 2.67 bits per heavy atom. The maximum absolute atomic E-state index is 5.83. The van der Waals surface area contributed by atoms with Crippen LogP contribution in [-0.2, 0) is 6.42 Å². The molecule has 0 radical (unpaired) electrons. The molecule has 4 nitrogen and oxygen atoms in total. The summed E-state index contributed by atoms with van der Waals surface area (Å²) in [6.07, 6.45) is 1.75. The van der Waals surface area contributed by atoms with Gasteiger partial charge < -0.3 is 9.84 Å². The molecule has 3 rings (SSSR count). The fourth-order valence-electron chi connectivity index (χ4n) is 1.77. The topological polar surface area (TPSA) is 51.0 Å². The third kappa shape index (κ3) is 2.83. The normalized spacial score (nSPS) is 17.9. The van der Waals surface area contributed by atoms with Crippen LogP contribution < -0.4 is 5.32 Å². The molecule has 0 amide bonds. The van der Waals surface area contributed by atoms with Crippen molar-refractivity contribution >= 4 is 24.0 Å². The van der Waals surface area contributed by atoms with E-state index < -0.39 is 0 Å². The van der Waals surface area contributed by atoms with Crippen molar-refractivity contribution in [2.75, 3.05) is 6.54 Å². The molecule has 96 valence electrons. The molecule has 1 aromatic heterocycles. The van der Waals surface area contributed by atoms with Crippen molar-refractivity contribution in [1.82, 2.24) is 15.5 Å². The van der Waals surface area contributed by atoms with Gasteiger partial charge in [-0.3, -0.25) is 0 Å². The number of nitrogens with one attached hydrogen (secondary N) is 1. The maximum Gasteiger partial charge on any atom is 0.243 e. The summed E-state index contributed by atoms with van der Waals surface area (Å²) in [5.41, 5.74) is 1.13. The van der Waals surface area contributed by atoms with Crippen LogP contribution in [0.4, 0.5) is 0 Å². The zero-order valence-corrected chi connectivity index (χ0v) is 11.2. The Morgan fingerprint density at radius 1 is 1.33 bits per heavy atom. The van der Waals surface area contributed by atoms with Crippen LogP contribution in [0.2, 0.25) is 5.02 Å². The summed E-state index contributed by atoms with van der Waals surface area (Å²) in [5, 5.41) is 7.95. The second-order valence-electron chi connectivity index (χ2n) is 4.15. The molecule has 18 heavy (non-hydrogen) atoms. The molecule has 2 aromatic rings. The summed E-state index contributed by atoms with van der Waals surface area (Å²) in [4.78, 5) is 4.38. The molecule has 0 spiro atoms. The van der Waals surface area contributed by atoms with Gasteiger partial charge in [0.1, 0.15) is 0 Å². The fourth-order valence-corrected chi connectivity index (χ4v) is 1.89. The molecular formula is C12H13Cl2N3O. The van der Waals surface area contributed by atoms with Crippen LogP contribution in [-0.4, -0.2) is 16.7 Å². The molecule has 0 bridgehead atoms. The van der Waals surface area contributed by atoms with Gasteiger partial charge in [0.2, 0.25) is 5.89 Å². The summed E-state index contributed by atoms with van der Waals surface area (Å²) in [7, 11) is 0. The van der Waals surface area contributed by atoms with Crippen molar-refractivity contribution in [3.05, 3.63) is 46.6 Å². The van der Waals surface area contributed by atoms with E-state index >= 15 is 0 Å². The largest absolute Gasteiger partial charge is 0.338 e. The van der Waals surface area contributed by atoms with E-state index in [-0.39, 0.29) is 18.4 Å². The van der Waals surface area contributed by atoms with E-state index in [1.807, 2.05) is 24.3 Å². The molecule has 1 aromatic carbocycles. The van der Waals surface area contributed by atoms with Crippen molar-refractivity contribution in [3.8, 4) is 0 Å². The predicted octanol–water partition coefficient (Wildman–Crippen LogP) is 2.77. The maximum atomic E-state index is 5.83. The summed E-state index contributed by atoms with van der Waals surface area (Å²) >= 11 is 5.83. The van der Waals surface area contributed by atoms with E-state index in [1.54, 1.807) is 0 Å². The van der Waals surface area contributed by atoms with Gasteiger partial charge in [-0.05, 0) is 30.7 Å². The van der Waals surface area contributed by atoms with Crippen LogP contribution in [0.15, 0.2) is 28.8 Å². The predicted molar refractivity (Wildman–Crippen MR) is 71.2 cm³/mol. The average Bonchev–Trinajstić information content (AvgIpc) is 2.67. The van der Waals surface area contributed by atoms with Gasteiger partial charge in [-0.2, -0.15) is 4.98 Å². The van der Waals surface area contributed by atoms with Gasteiger partial charge in [0.25, 0.3) is 0 Å². The SMILES string of the molecule is Cl.Clc1ccc(Cc2noc([C@H]3CCN3)n2)cc1. The van der Waals surface area contributed by atoms with E-state index in [9.17, 15) is 0 Å². The molecule has 1 N–H and O–H groups in total. The second kappa shape index (κ2) is 5.69. The van der Waals surface area contributed by atoms with Crippen LogP contribution in [0, 0.1) is 0 Å². The van der Waals surface area contributed by atoms with Crippen molar-refractivity contribution < 1.29 is 4.52 Å². The first-order chi connectivity index (χ1) is 8.31. The molecular weight excluding hydrogens is 273 g/mol. The van der Waals surface area contributed by atoms with E-state index in [4.69, 9.17) is 16.1 Å². The number of benzene rings is 1. The Hall–Kier alpha value is -1.10. The van der Waals surface area contributed by atoms with Crippen molar-refractivity contribution in [3.63, 3.8) is 0 Å². The highest BCUT2D eigenvalue weighted by Crippen LogP contribution is 2.21. The zero-order chi connectivity index (χ0) is 11.7. The smallest absolute Gasteiger partial charge is 0.243 e. The first-order valence-corrected chi connectivity index (χ1v) is 5.99. The first kappa shape index (κ1) is 13.3. The molecule has 2 heterocycles. The quantitative estimate of drug-likeness (QED) is 0.942. The van der Waals surface area contributed by atoms with E-state index in [2.05, 4.69) is 15.5 Å². The number of aromatic nitrogens is 2. The Balaban J connectivity index is 0.00000120. The van der Waals surface area contributed by atoms with Crippen LogP contribution in [0.1, 0.15) is 29.7 Å². The zero-order valence-electron chi connectivity index (χ0n) is 9.60. The monoisotopic (exact) mass is 285 g/mol. The molecule has 0 aliphatic carbocycles. The minimum absolute atomic E-state index is 0. The van der Waals surface area contributed by atoms with Gasteiger partial charge in [0.05, 0.1) is 6.04 Å². The third-order valence-electron chi connectivity index (χ3n) is 2.88. The number of nitrogens with zero attached hydrogens (tertiary/aromatic N) is 2. The van der Waals surface area contributed by atoms with Gasteiger partial charge in [-0.15, -0.1) is 12.4 Å². The van der Waals surface area contributed by atoms with Gasteiger partial charge >= 0.3 is 0 Å². The Morgan fingerprint density at radius 2 is 2.06 bits per heavy atom. The van der Waals surface area contributed by atoms with Crippen LogP contribution in [0.3, 0.4) is 0 Å². The van der Waals surface area contributed by atoms with E-state index in [1.165, 1.54) is 0 Å². The highest BCUT2D eigenvalue weighted by molar-refractivity contribution is 6.30. The molecule has 1 saturated heterocycles. The highest BCUT2D eigenvalue weighted by atomic mass is 35.5. The van der Waals surface area contributed by atoms with Gasteiger partial charge in [0.15, 0.2) is 5.82 Å². The van der Waals surface area contributed by atoms with E-state index in [0.29, 0.717) is 12.3 Å². The molecule has 1 atom stereocenters. The summed E-state index contributed by atoms with van der Waals surface area (Å²) < 4.78 is 5.21. The minimum Gasteiger partial charge on any atom is -0.338 e. The lowest BCUT2D eigenvalue weighted by Gasteiger charge is -2.23. The Labute approximate surface area is 116 Å². The minimum atomic E-state index is 0. The number of hydrogen-bond donors (Lipinski definition) is 1. The molecule has 1 aliphatic rings. The van der Waals surface area contributed by atoms with Crippen LogP contribution >= 0.6 is 24.0 Å². The van der Waals surface area contributed by atoms with Gasteiger partial charge in [-0.25, -0.2) is 0 Å². The number of hydrogen-bond acceptors (Lipinski definition) is 4. The van der Waals surface area contributed by atoms with Crippen LogP contribution in [0.5, 0.6) is 0 Å². The number of halogens is 2. The van der Waals surface area contributed by atoms with Gasteiger partial charge in [-0.1, -0.05) is 28.9 Å². The summed E-state index contributed by atoms with van der Waals surface area (Å²) in [5.74, 6) is 1.41. The van der Waals surface area contributed by atoms with Crippen molar-refractivity contribution in [2.45, 2.75) is 18.9 Å². The molecule has 6 heteroatoms. The lowest BCUT2D eigenvalue weighted by Crippen LogP contribution is -2.35. The summed E-state index contributed by atoms with van der Waals surface area (Å²) in [6.45, 7) is 1.03. The highest BCUT2D eigenvalue weighted by Gasteiger charge is 2.24. The molecule has 1 aliphatic heterocycles. The Bertz CT molecular complexity index is 508. The third-order valence-corrected chi connectivity index (χ3v) is 3.13. The number of rotatable bonds is 3. The van der Waals surface area contributed by atoms with Gasteiger partial charge in [0, 0.05) is 11.4 Å². The summed E-state index contributed by atoms with van der Waals surface area (Å²) in [6, 6.07) is 7.93. The fraction of sp³-hybridized carbons (Fsp3) is 0.333. The van der Waals surface area contributed by atoms with Crippen LogP contribution in [0.25, 0.3) is 0 Å². The van der Waals surface area contributed by atoms with Crippen molar-refractivity contribution in [1.29, 1.82) is 0 Å². The average molecular weight is 286 g/mol. The van der Waals surface area contributed by atoms with E-state index in [0.717, 1.165) is 29.4 Å². The van der Waals surface area contributed by atoms with Crippen molar-refractivity contribution in [2.24, 2.45) is 0 Å². The lowest BCUT2D eigenvalue weighted by atomic mass is 10.1. The molecule has 0 saturated carbocycles. The molecule has 0 unspecified atom stereocenters. The standard InChI is InChI=1S/C12H12ClN3O.ClH/c13-9-3-1-8(2-4-9)7-11-15-12(17-16-11)10-5-6-14-10;/h1-4,10,14H,5-7H2;1H/t10-;/m1./s1. The molecule has 1 fully saturated rings. The Kier molecular flexibility index (Phi) is 4.22.